The highest BCUT2D eigenvalue weighted by Gasteiger charge is 2.35. The molecule has 1 heteroatoms. The average molecular weight is 125 g/mol. The first-order chi connectivity index (χ1) is 4.38. The van der Waals surface area contributed by atoms with Gasteiger partial charge < -0.3 is 5.32 Å². The highest BCUT2D eigenvalue weighted by Crippen LogP contribution is 2.35. The van der Waals surface area contributed by atoms with Crippen LogP contribution in [0.2, 0.25) is 0 Å². The fourth-order valence-corrected chi connectivity index (χ4v) is 2.41. The highest BCUT2D eigenvalue weighted by atomic mass is 15.0. The molecule has 1 heterocycles. The number of hydrogen-bond acceptors (Lipinski definition) is 1. The molecular formula is C8H15N. The molecule has 0 aromatic carbocycles. The fraction of sp³-hybridized carbons (Fsp3) is 1.00. The van der Waals surface area contributed by atoms with Crippen LogP contribution in [0, 0.1) is 11.8 Å². The Kier molecular flexibility index (Phi) is 1.26. The molecule has 0 aromatic heterocycles. The summed E-state index contributed by atoms with van der Waals surface area (Å²) in [5, 5.41) is 3.57. The van der Waals surface area contributed by atoms with Crippen LogP contribution in [0.25, 0.3) is 0 Å². The van der Waals surface area contributed by atoms with Gasteiger partial charge in [-0.3, -0.25) is 0 Å². The van der Waals surface area contributed by atoms with Gasteiger partial charge in [0.2, 0.25) is 0 Å². The SMILES string of the molecule is CC1CNC2CCCC12. The Bertz CT molecular complexity index is 111. The van der Waals surface area contributed by atoms with Gasteiger partial charge in [0.25, 0.3) is 0 Å². The lowest BCUT2D eigenvalue weighted by Gasteiger charge is -2.10. The van der Waals surface area contributed by atoms with Crippen LogP contribution in [-0.2, 0) is 0 Å². The van der Waals surface area contributed by atoms with Gasteiger partial charge in [-0.1, -0.05) is 13.3 Å². The molecule has 1 saturated heterocycles. The van der Waals surface area contributed by atoms with Crippen molar-refractivity contribution < 1.29 is 0 Å². The summed E-state index contributed by atoms with van der Waals surface area (Å²) in [5.41, 5.74) is 0. The minimum atomic E-state index is 0.903. The molecule has 3 unspecified atom stereocenters. The second-order valence-corrected chi connectivity index (χ2v) is 3.59. The molecule has 0 aromatic rings. The van der Waals surface area contributed by atoms with Crippen LogP contribution in [0.15, 0.2) is 0 Å². The van der Waals surface area contributed by atoms with Gasteiger partial charge in [0.15, 0.2) is 0 Å². The Morgan fingerprint density at radius 1 is 1.33 bits per heavy atom. The first kappa shape index (κ1) is 5.72. The molecular weight excluding hydrogens is 110 g/mol. The van der Waals surface area contributed by atoms with Crippen LogP contribution in [0.1, 0.15) is 26.2 Å². The minimum absolute atomic E-state index is 0.903. The van der Waals surface area contributed by atoms with E-state index in [4.69, 9.17) is 0 Å². The van der Waals surface area contributed by atoms with Crippen molar-refractivity contribution in [1.29, 1.82) is 0 Å². The van der Waals surface area contributed by atoms with Crippen LogP contribution < -0.4 is 5.32 Å². The van der Waals surface area contributed by atoms with E-state index in [9.17, 15) is 0 Å². The van der Waals surface area contributed by atoms with Gasteiger partial charge >= 0.3 is 0 Å². The van der Waals surface area contributed by atoms with Crippen molar-refractivity contribution in [2.45, 2.75) is 32.2 Å². The van der Waals surface area contributed by atoms with E-state index in [0.717, 1.165) is 17.9 Å². The first-order valence-electron chi connectivity index (χ1n) is 4.11. The Morgan fingerprint density at radius 3 is 3.00 bits per heavy atom. The van der Waals surface area contributed by atoms with Gasteiger partial charge in [0.05, 0.1) is 0 Å². The molecule has 9 heavy (non-hydrogen) atoms. The van der Waals surface area contributed by atoms with Crippen LogP contribution in [0.4, 0.5) is 0 Å². The number of hydrogen-bond donors (Lipinski definition) is 1. The van der Waals surface area contributed by atoms with E-state index in [-0.39, 0.29) is 0 Å². The third-order valence-electron chi connectivity index (χ3n) is 3.00. The monoisotopic (exact) mass is 125 g/mol. The maximum Gasteiger partial charge on any atom is 0.00984 e. The van der Waals surface area contributed by atoms with Gasteiger partial charge in [0.1, 0.15) is 0 Å². The summed E-state index contributed by atoms with van der Waals surface area (Å²) >= 11 is 0. The van der Waals surface area contributed by atoms with Crippen molar-refractivity contribution in [2.75, 3.05) is 6.54 Å². The molecule has 0 spiro atoms. The van der Waals surface area contributed by atoms with Crippen molar-refractivity contribution >= 4 is 0 Å². The van der Waals surface area contributed by atoms with Gasteiger partial charge in [-0.05, 0) is 31.2 Å². The molecule has 1 saturated carbocycles. The second-order valence-electron chi connectivity index (χ2n) is 3.59. The summed E-state index contributed by atoms with van der Waals surface area (Å²) < 4.78 is 0. The van der Waals surface area contributed by atoms with Gasteiger partial charge in [-0.2, -0.15) is 0 Å². The maximum atomic E-state index is 3.57. The highest BCUT2D eigenvalue weighted by molar-refractivity contribution is 4.92. The second kappa shape index (κ2) is 1.98. The molecule has 1 N–H and O–H groups in total. The summed E-state index contributed by atoms with van der Waals surface area (Å²) in [6.45, 7) is 3.65. The van der Waals surface area contributed by atoms with E-state index in [0.29, 0.717) is 0 Å². The van der Waals surface area contributed by atoms with Crippen molar-refractivity contribution in [1.82, 2.24) is 5.32 Å². The Labute approximate surface area is 56.8 Å². The normalized spacial score (nSPS) is 49.7. The summed E-state index contributed by atoms with van der Waals surface area (Å²) in [5.74, 6) is 1.99. The summed E-state index contributed by atoms with van der Waals surface area (Å²) in [6.07, 6.45) is 4.39. The van der Waals surface area contributed by atoms with Crippen LogP contribution in [0.3, 0.4) is 0 Å². The molecule has 2 fully saturated rings. The van der Waals surface area contributed by atoms with Crippen molar-refractivity contribution in [2.24, 2.45) is 11.8 Å². The largest absolute Gasteiger partial charge is 0.313 e. The lowest BCUT2D eigenvalue weighted by Crippen LogP contribution is -2.21. The molecule has 0 bridgehead atoms. The molecule has 3 atom stereocenters. The topological polar surface area (TPSA) is 12.0 Å². The lowest BCUT2D eigenvalue weighted by molar-refractivity contribution is 0.427. The Morgan fingerprint density at radius 2 is 2.22 bits per heavy atom. The first-order valence-corrected chi connectivity index (χ1v) is 4.11. The van der Waals surface area contributed by atoms with Crippen molar-refractivity contribution in [3.63, 3.8) is 0 Å². The van der Waals surface area contributed by atoms with Gasteiger partial charge in [0, 0.05) is 6.04 Å². The van der Waals surface area contributed by atoms with E-state index >= 15 is 0 Å². The molecule has 1 nitrogen and oxygen atoms in total. The average Bonchev–Trinajstić information content (AvgIpc) is 2.35. The zero-order valence-electron chi connectivity index (χ0n) is 6.06. The smallest absolute Gasteiger partial charge is 0.00984 e. The van der Waals surface area contributed by atoms with E-state index in [1.807, 2.05) is 0 Å². The lowest BCUT2D eigenvalue weighted by atomic mass is 9.95. The molecule has 2 rings (SSSR count). The minimum Gasteiger partial charge on any atom is -0.313 e. The van der Waals surface area contributed by atoms with E-state index in [1.54, 1.807) is 0 Å². The zero-order valence-corrected chi connectivity index (χ0v) is 6.06. The maximum absolute atomic E-state index is 3.57. The molecule has 1 aliphatic carbocycles. The third-order valence-corrected chi connectivity index (χ3v) is 3.00. The summed E-state index contributed by atoms with van der Waals surface area (Å²) in [4.78, 5) is 0. The Balaban J connectivity index is 2.07. The molecule has 1 aliphatic heterocycles. The van der Waals surface area contributed by atoms with Crippen molar-refractivity contribution in [3.8, 4) is 0 Å². The van der Waals surface area contributed by atoms with E-state index in [2.05, 4.69) is 12.2 Å². The number of nitrogens with one attached hydrogen (secondary N) is 1. The number of fused-ring (bicyclic) bond motifs is 1. The van der Waals surface area contributed by atoms with Gasteiger partial charge in [-0.25, -0.2) is 0 Å². The third kappa shape index (κ3) is 0.787. The van der Waals surface area contributed by atoms with Gasteiger partial charge in [-0.15, -0.1) is 0 Å². The van der Waals surface area contributed by atoms with Crippen LogP contribution in [0.5, 0.6) is 0 Å². The summed E-state index contributed by atoms with van der Waals surface area (Å²) in [7, 11) is 0. The quantitative estimate of drug-likeness (QED) is 0.516. The molecule has 2 aliphatic rings. The van der Waals surface area contributed by atoms with Crippen molar-refractivity contribution in [3.05, 3.63) is 0 Å². The predicted octanol–water partition coefficient (Wildman–Crippen LogP) is 1.39. The Hall–Kier alpha value is -0.0400. The van der Waals surface area contributed by atoms with E-state index < -0.39 is 0 Å². The fourth-order valence-electron chi connectivity index (χ4n) is 2.41. The molecule has 0 radical (unpaired) electrons. The standard InChI is InChI=1S/C8H15N/c1-6-5-9-8-4-2-3-7(6)8/h6-9H,2-5H2,1H3. The van der Waals surface area contributed by atoms with Crippen LogP contribution >= 0.6 is 0 Å². The number of rotatable bonds is 0. The summed E-state index contributed by atoms with van der Waals surface area (Å²) in [6, 6.07) is 0.903. The van der Waals surface area contributed by atoms with E-state index in [1.165, 1.54) is 25.8 Å². The molecule has 52 valence electrons. The predicted molar refractivity (Wildman–Crippen MR) is 38.3 cm³/mol. The zero-order chi connectivity index (χ0) is 6.27. The molecule has 0 amide bonds. The van der Waals surface area contributed by atoms with Crippen LogP contribution in [-0.4, -0.2) is 12.6 Å².